The van der Waals surface area contributed by atoms with Crippen molar-refractivity contribution in [1.82, 2.24) is 4.31 Å². The number of aliphatic hydroxyl groups excluding tert-OH is 1. The summed E-state index contributed by atoms with van der Waals surface area (Å²) in [5.41, 5.74) is 3.54. The van der Waals surface area contributed by atoms with Gasteiger partial charge in [-0.1, -0.05) is 91.0 Å². The summed E-state index contributed by atoms with van der Waals surface area (Å²) >= 11 is 1.82. The Balaban J connectivity index is 1.77. The Hall–Kier alpha value is -2.12. The van der Waals surface area contributed by atoms with E-state index in [-0.39, 0.29) is 18.4 Å². The fourth-order valence-corrected chi connectivity index (χ4v) is 7.24. The van der Waals surface area contributed by atoms with Gasteiger partial charge in [0.1, 0.15) is 0 Å². The number of hydrogen-bond donors (Lipinski definition) is 1. The number of aliphatic hydroxyl groups is 1. The average Bonchev–Trinajstić information content (AvgIpc) is 3.26. The van der Waals surface area contributed by atoms with E-state index in [2.05, 4.69) is 72.8 Å². The van der Waals surface area contributed by atoms with Gasteiger partial charge in [-0.05, 0) is 28.4 Å². The Morgan fingerprint density at radius 3 is 1.59 bits per heavy atom. The number of hydrogen-bond acceptors (Lipinski definition) is 4. The molecular weight excluding hydrogens is 438 g/mol. The van der Waals surface area contributed by atoms with Crippen molar-refractivity contribution in [3.05, 3.63) is 108 Å². The molecular formula is C26H29NO3S2. The minimum atomic E-state index is -3.28. The van der Waals surface area contributed by atoms with Crippen molar-refractivity contribution in [1.29, 1.82) is 0 Å². The fourth-order valence-electron chi connectivity index (χ4n) is 4.56. The van der Waals surface area contributed by atoms with Crippen LogP contribution in [0.15, 0.2) is 91.0 Å². The molecule has 0 bridgehead atoms. The standard InChI is InChI=1S/C26H29NO3S2/c1-32(29,30)27-17-21(19-28)22(18-27)20-31-26(23-11-5-2-6-12-23,24-13-7-3-8-14-24)25-15-9-4-10-16-25/h2-16,21-22,28H,17-20H2,1H3. The Bertz CT molecular complexity index is 1010. The summed E-state index contributed by atoms with van der Waals surface area (Å²) < 4.78 is 25.4. The van der Waals surface area contributed by atoms with Crippen LogP contribution < -0.4 is 0 Å². The minimum Gasteiger partial charge on any atom is -0.396 e. The van der Waals surface area contributed by atoms with E-state index in [1.165, 1.54) is 27.3 Å². The summed E-state index contributed by atoms with van der Waals surface area (Å²) in [5.74, 6) is 0.753. The van der Waals surface area contributed by atoms with Gasteiger partial charge in [0.15, 0.2) is 0 Å². The smallest absolute Gasteiger partial charge is 0.211 e. The molecule has 168 valence electrons. The van der Waals surface area contributed by atoms with E-state index in [0.29, 0.717) is 13.1 Å². The summed E-state index contributed by atoms with van der Waals surface area (Å²) in [6, 6.07) is 31.4. The third kappa shape index (κ3) is 4.64. The molecule has 4 rings (SSSR count). The molecule has 1 aliphatic heterocycles. The van der Waals surface area contributed by atoms with Crippen LogP contribution >= 0.6 is 11.8 Å². The van der Waals surface area contributed by atoms with Crippen LogP contribution in [-0.2, 0) is 14.8 Å². The molecule has 0 aromatic heterocycles. The van der Waals surface area contributed by atoms with Crippen molar-refractivity contribution < 1.29 is 13.5 Å². The SMILES string of the molecule is CS(=O)(=O)N1CC(CO)C(CSC(c2ccccc2)(c2ccccc2)c2ccccc2)C1. The molecule has 2 unspecified atom stereocenters. The van der Waals surface area contributed by atoms with Gasteiger partial charge in [0.2, 0.25) is 10.0 Å². The highest BCUT2D eigenvalue weighted by Gasteiger charge is 2.41. The molecule has 32 heavy (non-hydrogen) atoms. The number of benzene rings is 3. The zero-order valence-electron chi connectivity index (χ0n) is 18.2. The van der Waals surface area contributed by atoms with Crippen molar-refractivity contribution >= 4 is 21.8 Å². The normalized spacial score (nSPS) is 19.8. The molecule has 0 spiro atoms. The quantitative estimate of drug-likeness (QED) is 0.504. The molecule has 3 aromatic carbocycles. The maximum atomic E-state index is 12.1. The molecule has 1 N–H and O–H groups in total. The first-order valence-corrected chi connectivity index (χ1v) is 13.6. The van der Waals surface area contributed by atoms with Gasteiger partial charge in [-0.25, -0.2) is 12.7 Å². The number of nitrogens with zero attached hydrogens (tertiary/aromatic N) is 1. The molecule has 1 heterocycles. The van der Waals surface area contributed by atoms with Crippen molar-refractivity contribution in [2.45, 2.75) is 4.75 Å². The van der Waals surface area contributed by atoms with Crippen LogP contribution in [0.25, 0.3) is 0 Å². The predicted molar refractivity (Wildman–Crippen MR) is 132 cm³/mol. The second-order valence-electron chi connectivity index (χ2n) is 8.37. The van der Waals surface area contributed by atoms with Gasteiger partial charge in [0, 0.05) is 25.6 Å². The lowest BCUT2D eigenvalue weighted by atomic mass is 9.84. The van der Waals surface area contributed by atoms with Crippen molar-refractivity contribution in [3.8, 4) is 0 Å². The number of rotatable bonds is 8. The van der Waals surface area contributed by atoms with E-state index in [0.717, 1.165) is 5.75 Å². The van der Waals surface area contributed by atoms with E-state index in [1.807, 2.05) is 30.0 Å². The van der Waals surface area contributed by atoms with E-state index in [1.54, 1.807) is 0 Å². The predicted octanol–water partition coefficient (Wildman–Crippen LogP) is 4.21. The van der Waals surface area contributed by atoms with E-state index >= 15 is 0 Å². The van der Waals surface area contributed by atoms with Gasteiger partial charge in [-0.2, -0.15) is 0 Å². The molecule has 0 saturated carbocycles. The summed E-state index contributed by atoms with van der Waals surface area (Å²) in [7, 11) is -3.28. The Morgan fingerprint density at radius 2 is 1.22 bits per heavy atom. The molecule has 1 aliphatic rings. The maximum Gasteiger partial charge on any atom is 0.211 e. The van der Waals surface area contributed by atoms with Gasteiger partial charge >= 0.3 is 0 Å². The van der Waals surface area contributed by atoms with E-state index in [4.69, 9.17) is 0 Å². The fraction of sp³-hybridized carbons (Fsp3) is 0.308. The van der Waals surface area contributed by atoms with Gasteiger partial charge in [0.25, 0.3) is 0 Å². The Morgan fingerprint density at radius 1 is 0.812 bits per heavy atom. The van der Waals surface area contributed by atoms with Gasteiger partial charge in [-0.15, -0.1) is 11.8 Å². The second kappa shape index (κ2) is 9.79. The van der Waals surface area contributed by atoms with Crippen LogP contribution in [0, 0.1) is 11.8 Å². The van der Waals surface area contributed by atoms with E-state index < -0.39 is 14.8 Å². The minimum absolute atomic E-state index is 0.00768. The lowest BCUT2D eigenvalue weighted by Crippen LogP contribution is -2.29. The molecule has 0 amide bonds. The van der Waals surface area contributed by atoms with Crippen molar-refractivity contribution in [2.24, 2.45) is 11.8 Å². The number of thioether (sulfide) groups is 1. The van der Waals surface area contributed by atoms with Crippen LogP contribution in [0.5, 0.6) is 0 Å². The first kappa shape index (κ1) is 23.1. The van der Waals surface area contributed by atoms with Gasteiger partial charge in [-0.3, -0.25) is 0 Å². The molecule has 1 saturated heterocycles. The van der Waals surface area contributed by atoms with E-state index in [9.17, 15) is 13.5 Å². The van der Waals surface area contributed by atoms with Gasteiger partial charge in [0.05, 0.1) is 11.0 Å². The third-order valence-corrected chi connectivity index (χ3v) is 9.27. The zero-order valence-corrected chi connectivity index (χ0v) is 19.8. The van der Waals surface area contributed by atoms with Crippen LogP contribution in [0.1, 0.15) is 16.7 Å². The van der Waals surface area contributed by atoms with Crippen LogP contribution in [0.2, 0.25) is 0 Å². The van der Waals surface area contributed by atoms with Crippen LogP contribution in [-0.4, -0.2) is 49.5 Å². The summed E-state index contributed by atoms with van der Waals surface area (Å²) in [4.78, 5) is 0. The lowest BCUT2D eigenvalue weighted by Gasteiger charge is -2.36. The summed E-state index contributed by atoms with van der Waals surface area (Å²) in [6.45, 7) is 0.827. The lowest BCUT2D eigenvalue weighted by molar-refractivity contribution is 0.211. The Kier molecular flexibility index (Phi) is 7.05. The molecule has 1 fully saturated rings. The van der Waals surface area contributed by atoms with Crippen LogP contribution in [0.4, 0.5) is 0 Å². The highest BCUT2D eigenvalue weighted by atomic mass is 32.2. The van der Waals surface area contributed by atoms with Crippen LogP contribution in [0.3, 0.4) is 0 Å². The molecule has 2 atom stereocenters. The van der Waals surface area contributed by atoms with Crippen molar-refractivity contribution in [2.75, 3.05) is 31.7 Å². The summed E-state index contributed by atoms with van der Waals surface area (Å²) in [6.07, 6.45) is 1.25. The van der Waals surface area contributed by atoms with Crippen molar-refractivity contribution in [3.63, 3.8) is 0 Å². The molecule has 3 aromatic rings. The Labute approximate surface area is 195 Å². The zero-order chi connectivity index (χ0) is 22.6. The molecule has 0 radical (unpaired) electrons. The highest BCUT2D eigenvalue weighted by molar-refractivity contribution is 8.00. The molecule has 4 nitrogen and oxygen atoms in total. The number of sulfonamides is 1. The maximum absolute atomic E-state index is 12.1. The monoisotopic (exact) mass is 467 g/mol. The molecule has 6 heteroatoms. The second-order valence-corrected chi connectivity index (χ2v) is 11.6. The highest BCUT2D eigenvalue weighted by Crippen LogP contribution is 2.49. The first-order chi connectivity index (χ1) is 15.4. The first-order valence-electron chi connectivity index (χ1n) is 10.8. The van der Waals surface area contributed by atoms with Gasteiger partial charge < -0.3 is 5.11 Å². The molecule has 0 aliphatic carbocycles. The average molecular weight is 468 g/mol. The summed E-state index contributed by atoms with van der Waals surface area (Å²) in [5, 5.41) is 9.97. The topological polar surface area (TPSA) is 57.6 Å². The largest absolute Gasteiger partial charge is 0.396 e. The third-order valence-electron chi connectivity index (χ3n) is 6.30.